The maximum Gasteiger partial charge on any atom is 0.256 e. The molecule has 2 aromatic heterocycles. The predicted molar refractivity (Wildman–Crippen MR) is 122 cm³/mol. The van der Waals surface area contributed by atoms with E-state index in [2.05, 4.69) is 22.1 Å². The molecule has 2 aromatic carbocycles. The lowest BCUT2D eigenvalue weighted by molar-refractivity contribution is 0.0387. The maximum absolute atomic E-state index is 13.6. The van der Waals surface area contributed by atoms with Crippen molar-refractivity contribution in [2.24, 2.45) is 0 Å². The number of carbonyl (C=O) groups is 1. The van der Waals surface area contributed by atoms with E-state index in [1.807, 2.05) is 53.4 Å². The molecule has 0 N–H and O–H groups in total. The van der Waals surface area contributed by atoms with Gasteiger partial charge in [0.2, 0.25) is 0 Å². The van der Waals surface area contributed by atoms with E-state index in [0.29, 0.717) is 28.7 Å². The van der Waals surface area contributed by atoms with E-state index >= 15 is 0 Å². The Morgan fingerprint density at radius 3 is 2.56 bits per heavy atom. The second-order valence-corrected chi connectivity index (χ2v) is 8.28. The normalized spacial score (nSPS) is 18.6. The molecule has 0 unspecified atom stereocenters. The Morgan fingerprint density at radius 2 is 1.75 bits per heavy atom. The minimum atomic E-state index is -0.142. The van der Waals surface area contributed by atoms with Gasteiger partial charge in [-0.25, -0.2) is 4.98 Å². The molecule has 7 nitrogen and oxygen atoms in total. The van der Waals surface area contributed by atoms with Gasteiger partial charge in [0, 0.05) is 16.8 Å². The van der Waals surface area contributed by atoms with E-state index in [1.54, 1.807) is 18.6 Å². The summed E-state index contributed by atoms with van der Waals surface area (Å²) in [6.45, 7) is 2.56. The van der Waals surface area contributed by atoms with Gasteiger partial charge in [0.05, 0.1) is 36.4 Å². The summed E-state index contributed by atoms with van der Waals surface area (Å²) >= 11 is 6.25. The highest BCUT2D eigenvalue weighted by atomic mass is 35.5. The molecule has 4 aromatic rings. The number of aromatic nitrogens is 4. The van der Waals surface area contributed by atoms with E-state index in [9.17, 15) is 4.79 Å². The molecule has 1 fully saturated rings. The first-order valence-corrected chi connectivity index (χ1v) is 11.0. The molecule has 2 atom stereocenters. The fraction of sp³-hybridized carbons (Fsp3) is 0.250. The standard InChI is InChI=1S/C24H22ClN5O2/c1-16-10-11-17(32-22-14-26-23(25)19-7-3-2-6-18(19)22)15-29(16)24(31)20-8-4-5-9-21(20)30-27-12-13-28-30/h2-9,12-14,16-17H,10-11,15H2,1H3/t16-,17+/m0/s1. The van der Waals surface area contributed by atoms with Crippen molar-refractivity contribution in [1.82, 2.24) is 24.9 Å². The molecule has 0 radical (unpaired) electrons. The number of likely N-dealkylation sites (tertiary alicyclic amines) is 1. The summed E-state index contributed by atoms with van der Waals surface area (Å²) in [5, 5.41) is 10.6. The van der Waals surface area contributed by atoms with Crippen LogP contribution in [0.2, 0.25) is 5.15 Å². The molecule has 0 saturated carbocycles. The fourth-order valence-electron chi connectivity index (χ4n) is 4.18. The highest BCUT2D eigenvalue weighted by Gasteiger charge is 2.32. The molecule has 0 bridgehead atoms. The monoisotopic (exact) mass is 447 g/mol. The van der Waals surface area contributed by atoms with Crippen LogP contribution in [-0.4, -0.2) is 49.5 Å². The van der Waals surface area contributed by atoms with Crippen LogP contribution in [0.4, 0.5) is 0 Å². The summed E-state index contributed by atoms with van der Waals surface area (Å²) in [6, 6.07) is 15.3. The summed E-state index contributed by atoms with van der Waals surface area (Å²) in [4.78, 5) is 21.2. The lowest BCUT2D eigenvalue weighted by Crippen LogP contribution is -2.49. The number of benzene rings is 2. The number of hydrogen-bond donors (Lipinski definition) is 0. The molecule has 0 spiro atoms. The van der Waals surface area contributed by atoms with Crippen LogP contribution in [0.1, 0.15) is 30.1 Å². The Morgan fingerprint density at radius 1 is 1.03 bits per heavy atom. The Kier molecular flexibility index (Phi) is 5.49. The highest BCUT2D eigenvalue weighted by molar-refractivity contribution is 6.34. The number of amides is 1. The summed E-state index contributed by atoms with van der Waals surface area (Å²) in [5.41, 5.74) is 1.22. The van der Waals surface area contributed by atoms with Crippen molar-refractivity contribution < 1.29 is 9.53 Å². The number of halogens is 1. The third-order valence-corrected chi connectivity index (χ3v) is 6.17. The van der Waals surface area contributed by atoms with Crippen LogP contribution >= 0.6 is 11.6 Å². The first-order chi connectivity index (χ1) is 15.6. The highest BCUT2D eigenvalue weighted by Crippen LogP contribution is 2.32. The summed E-state index contributed by atoms with van der Waals surface area (Å²) in [5.74, 6) is 0.621. The Labute approximate surface area is 190 Å². The van der Waals surface area contributed by atoms with Crippen LogP contribution in [0.15, 0.2) is 67.1 Å². The molecule has 32 heavy (non-hydrogen) atoms. The second-order valence-electron chi connectivity index (χ2n) is 7.92. The van der Waals surface area contributed by atoms with Crippen LogP contribution < -0.4 is 4.74 Å². The lowest BCUT2D eigenvalue weighted by atomic mass is 9.99. The SMILES string of the molecule is C[C@H]1CC[C@@H](Oc2cnc(Cl)c3ccccc23)CN1C(=O)c1ccccc1-n1nccn1. The molecular formula is C24H22ClN5O2. The van der Waals surface area contributed by atoms with Gasteiger partial charge in [-0.2, -0.15) is 15.0 Å². The molecule has 162 valence electrons. The van der Waals surface area contributed by atoms with E-state index in [0.717, 1.165) is 23.6 Å². The van der Waals surface area contributed by atoms with Crippen LogP contribution in [-0.2, 0) is 0 Å². The number of carbonyl (C=O) groups excluding carboxylic acids is 1. The van der Waals surface area contributed by atoms with Gasteiger partial charge in [-0.15, -0.1) is 0 Å². The van der Waals surface area contributed by atoms with Crippen molar-refractivity contribution in [2.45, 2.75) is 31.9 Å². The molecule has 8 heteroatoms. The summed E-state index contributed by atoms with van der Waals surface area (Å²) in [6.07, 6.45) is 6.41. The second kappa shape index (κ2) is 8.59. The van der Waals surface area contributed by atoms with Crippen LogP contribution in [0, 0.1) is 0 Å². The first-order valence-electron chi connectivity index (χ1n) is 10.6. The van der Waals surface area contributed by atoms with Crippen molar-refractivity contribution in [3.63, 3.8) is 0 Å². The van der Waals surface area contributed by atoms with Gasteiger partial charge in [0.15, 0.2) is 0 Å². The minimum absolute atomic E-state index is 0.0576. The zero-order valence-corrected chi connectivity index (χ0v) is 18.3. The van der Waals surface area contributed by atoms with E-state index < -0.39 is 0 Å². The first kappa shape index (κ1) is 20.5. The van der Waals surface area contributed by atoms with Crippen molar-refractivity contribution in [3.8, 4) is 11.4 Å². The molecular weight excluding hydrogens is 426 g/mol. The number of nitrogens with zero attached hydrogens (tertiary/aromatic N) is 5. The van der Waals surface area contributed by atoms with Gasteiger partial charge in [-0.1, -0.05) is 48.0 Å². The van der Waals surface area contributed by atoms with Gasteiger partial charge >= 0.3 is 0 Å². The molecule has 1 amide bonds. The third-order valence-electron chi connectivity index (χ3n) is 5.87. The number of ether oxygens (including phenoxy) is 1. The minimum Gasteiger partial charge on any atom is -0.486 e. The molecule has 5 rings (SSSR count). The number of rotatable bonds is 4. The van der Waals surface area contributed by atoms with Crippen molar-refractivity contribution >= 4 is 28.3 Å². The van der Waals surface area contributed by atoms with Crippen molar-refractivity contribution in [3.05, 3.63) is 77.8 Å². The van der Waals surface area contributed by atoms with E-state index in [1.165, 1.54) is 4.80 Å². The Hall–Kier alpha value is -3.45. The fourth-order valence-corrected chi connectivity index (χ4v) is 4.40. The van der Waals surface area contributed by atoms with Gasteiger partial charge in [0.25, 0.3) is 5.91 Å². The van der Waals surface area contributed by atoms with Gasteiger partial charge in [-0.05, 0) is 31.9 Å². The van der Waals surface area contributed by atoms with Crippen LogP contribution in [0.3, 0.4) is 0 Å². The lowest BCUT2D eigenvalue weighted by Gasteiger charge is -2.38. The zero-order chi connectivity index (χ0) is 22.1. The molecule has 1 aliphatic heterocycles. The smallest absolute Gasteiger partial charge is 0.256 e. The predicted octanol–water partition coefficient (Wildman–Crippen LogP) is 4.54. The van der Waals surface area contributed by atoms with Crippen LogP contribution in [0.25, 0.3) is 16.5 Å². The van der Waals surface area contributed by atoms with Gasteiger partial charge < -0.3 is 9.64 Å². The average Bonchev–Trinajstić information content (AvgIpc) is 3.37. The molecule has 1 saturated heterocycles. The number of fused-ring (bicyclic) bond motifs is 1. The zero-order valence-electron chi connectivity index (χ0n) is 17.6. The Bertz CT molecular complexity index is 1260. The van der Waals surface area contributed by atoms with Crippen molar-refractivity contribution in [1.29, 1.82) is 0 Å². The van der Waals surface area contributed by atoms with E-state index in [-0.39, 0.29) is 18.1 Å². The van der Waals surface area contributed by atoms with Crippen LogP contribution in [0.5, 0.6) is 5.75 Å². The number of hydrogen-bond acceptors (Lipinski definition) is 5. The summed E-state index contributed by atoms with van der Waals surface area (Å²) in [7, 11) is 0. The largest absolute Gasteiger partial charge is 0.486 e. The average molecular weight is 448 g/mol. The summed E-state index contributed by atoms with van der Waals surface area (Å²) < 4.78 is 6.35. The van der Waals surface area contributed by atoms with Crippen molar-refractivity contribution in [2.75, 3.05) is 6.54 Å². The molecule has 3 heterocycles. The van der Waals surface area contributed by atoms with E-state index in [4.69, 9.17) is 16.3 Å². The number of pyridine rings is 1. The quantitative estimate of drug-likeness (QED) is 0.429. The Balaban J connectivity index is 1.41. The molecule has 1 aliphatic rings. The maximum atomic E-state index is 13.6. The van der Waals surface area contributed by atoms with Gasteiger partial charge in [0.1, 0.15) is 17.0 Å². The number of piperidine rings is 1. The topological polar surface area (TPSA) is 73.1 Å². The number of para-hydroxylation sites is 1. The van der Waals surface area contributed by atoms with Gasteiger partial charge in [-0.3, -0.25) is 4.79 Å². The molecule has 0 aliphatic carbocycles. The third kappa shape index (κ3) is 3.80.